The molecule has 0 amide bonds. The molecule has 3 N–H and O–H groups in total. The molecule has 14 heavy (non-hydrogen) atoms. The second-order valence-corrected chi connectivity index (χ2v) is 4.05. The highest BCUT2D eigenvalue weighted by molar-refractivity contribution is 5.24. The topological polar surface area (TPSA) is 46.2 Å². The SMILES string of the molecule is CC(N)Cc1cccc(CC(C)O)c1. The van der Waals surface area contributed by atoms with Crippen LogP contribution in [0.15, 0.2) is 24.3 Å². The summed E-state index contributed by atoms with van der Waals surface area (Å²) in [5.74, 6) is 0. The molecule has 2 nitrogen and oxygen atoms in total. The van der Waals surface area contributed by atoms with Crippen molar-refractivity contribution in [3.05, 3.63) is 35.4 Å². The third-order valence-electron chi connectivity index (χ3n) is 2.08. The number of hydrogen-bond acceptors (Lipinski definition) is 2. The van der Waals surface area contributed by atoms with Gasteiger partial charge in [0.15, 0.2) is 0 Å². The first-order chi connectivity index (χ1) is 6.58. The molecule has 0 radical (unpaired) electrons. The summed E-state index contributed by atoms with van der Waals surface area (Å²) in [5.41, 5.74) is 8.15. The first kappa shape index (κ1) is 11.2. The van der Waals surface area contributed by atoms with Crippen LogP contribution in [0.25, 0.3) is 0 Å². The van der Waals surface area contributed by atoms with Crippen LogP contribution in [0.1, 0.15) is 25.0 Å². The van der Waals surface area contributed by atoms with E-state index < -0.39 is 0 Å². The molecule has 0 saturated heterocycles. The summed E-state index contributed by atoms with van der Waals surface area (Å²) in [7, 11) is 0. The van der Waals surface area contributed by atoms with Crippen molar-refractivity contribution in [3.8, 4) is 0 Å². The Morgan fingerprint density at radius 1 is 1.21 bits per heavy atom. The van der Waals surface area contributed by atoms with Gasteiger partial charge in [0, 0.05) is 6.04 Å². The summed E-state index contributed by atoms with van der Waals surface area (Å²) < 4.78 is 0. The Morgan fingerprint density at radius 2 is 1.79 bits per heavy atom. The molecule has 2 unspecified atom stereocenters. The van der Waals surface area contributed by atoms with Crippen LogP contribution in [-0.4, -0.2) is 17.3 Å². The van der Waals surface area contributed by atoms with Gasteiger partial charge in [0.1, 0.15) is 0 Å². The monoisotopic (exact) mass is 193 g/mol. The zero-order chi connectivity index (χ0) is 10.6. The number of aliphatic hydroxyl groups excluding tert-OH is 1. The molecule has 78 valence electrons. The second-order valence-electron chi connectivity index (χ2n) is 4.05. The van der Waals surface area contributed by atoms with E-state index in [-0.39, 0.29) is 12.1 Å². The molecule has 2 atom stereocenters. The molecule has 0 heterocycles. The van der Waals surface area contributed by atoms with Gasteiger partial charge in [-0.2, -0.15) is 0 Å². The molecule has 1 aromatic rings. The van der Waals surface area contributed by atoms with Crippen molar-refractivity contribution < 1.29 is 5.11 Å². The Hall–Kier alpha value is -0.860. The van der Waals surface area contributed by atoms with Gasteiger partial charge in [0.05, 0.1) is 6.10 Å². The molecule has 0 spiro atoms. The molecule has 0 aliphatic rings. The van der Waals surface area contributed by atoms with Gasteiger partial charge in [0.2, 0.25) is 0 Å². The lowest BCUT2D eigenvalue weighted by Crippen LogP contribution is -2.17. The van der Waals surface area contributed by atoms with Crippen LogP contribution in [0.5, 0.6) is 0 Å². The zero-order valence-corrected chi connectivity index (χ0v) is 8.90. The highest BCUT2D eigenvalue weighted by atomic mass is 16.3. The molecule has 0 saturated carbocycles. The van der Waals surface area contributed by atoms with E-state index in [0.29, 0.717) is 6.42 Å². The first-order valence-electron chi connectivity index (χ1n) is 5.09. The average molecular weight is 193 g/mol. The van der Waals surface area contributed by atoms with Crippen LogP contribution in [0.4, 0.5) is 0 Å². The Balaban J connectivity index is 2.68. The first-order valence-corrected chi connectivity index (χ1v) is 5.09. The maximum Gasteiger partial charge on any atom is 0.0552 e. The standard InChI is InChI=1S/C12H19NO/c1-9(13)6-11-4-3-5-12(8-11)7-10(2)14/h3-5,8-10,14H,6-7,13H2,1-2H3. The number of hydrogen-bond donors (Lipinski definition) is 2. The number of rotatable bonds is 4. The molecule has 0 aliphatic carbocycles. The van der Waals surface area contributed by atoms with E-state index >= 15 is 0 Å². The van der Waals surface area contributed by atoms with Crippen LogP contribution >= 0.6 is 0 Å². The van der Waals surface area contributed by atoms with E-state index in [2.05, 4.69) is 12.1 Å². The third-order valence-corrected chi connectivity index (χ3v) is 2.08. The van der Waals surface area contributed by atoms with E-state index in [0.717, 1.165) is 6.42 Å². The highest BCUT2D eigenvalue weighted by Gasteiger charge is 2.01. The van der Waals surface area contributed by atoms with Gasteiger partial charge in [-0.05, 0) is 37.8 Å². The van der Waals surface area contributed by atoms with Gasteiger partial charge in [0.25, 0.3) is 0 Å². The minimum atomic E-state index is -0.277. The van der Waals surface area contributed by atoms with Crippen molar-refractivity contribution >= 4 is 0 Å². The van der Waals surface area contributed by atoms with Gasteiger partial charge >= 0.3 is 0 Å². The molecular weight excluding hydrogens is 174 g/mol. The van der Waals surface area contributed by atoms with E-state index in [1.807, 2.05) is 19.1 Å². The van der Waals surface area contributed by atoms with E-state index in [9.17, 15) is 5.11 Å². The Morgan fingerprint density at radius 3 is 2.29 bits per heavy atom. The van der Waals surface area contributed by atoms with E-state index in [1.54, 1.807) is 6.92 Å². The molecular formula is C12H19NO. The molecule has 0 aromatic heterocycles. The minimum absolute atomic E-state index is 0.191. The van der Waals surface area contributed by atoms with Gasteiger partial charge in [-0.3, -0.25) is 0 Å². The lowest BCUT2D eigenvalue weighted by Gasteiger charge is -2.08. The Labute approximate surface area is 85.8 Å². The summed E-state index contributed by atoms with van der Waals surface area (Å²) >= 11 is 0. The van der Waals surface area contributed by atoms with Gasteiger partial charge in [-0.25, -0.2) is 0 Å². The lowest BCUT2D eigenvalue weighted by molar-refractivity contribution is 0.195. The van der Waals surface area contributed by atoms with Crippen molar-refractivity contribution in [2.75, 3.05) is 0 Å². The molecule has 0 bridgehead atoms. The molecule has 2 heteroatoms. The number of nitrogens with two attached hydrogens (primary N) is 1. The summed E-state index contributed by atoms with van der Waals surface area (Å²) in [5, 5.41) is 9.25. The van der Waals surface area contributed by atoms with E-state index in [4.69, 9.17) is 5.73 Å². The molecule has 1 aromatic carbocycles. The smallest absolute Gasteiger partial charge is 0.0552 e. The van der Waals surface area contributed by atoms with Crippen molar-refractivity contribution in [2.45, 2.75) is 38.8 Å². The van der Waals surface area contributed by atoms with Crippen LogP contribution < -0.4 is 5.73 Å². The van der Waals surface area contributed by atoms with Gasteiger partial charge in [-0.1, -0.05) is 24.3 Å². The predicted molar refractivity (Wildman–Crippen MR) is 59.2 cm³/mol. The summed E-state index contributed by atoms with van der Waals surface area (Å²) in [6.07, 6.45) is 1.33. The van der Waals surface area contributed by atoms with Crippen LogP contribution in [0, 0.1) is 0 Å². The quantitative estimate of drug-likeness (QED) is 0.761. The van der Waals surface area contributed by atoms with Crippen LogP contribution in [-0.2, 0) is 12.8 Å². The minimum Gasteiger partial charge on any atom is -0.393 e. The number of benzene rings is 1. The van der Waals surface area contributed by atoms with Crippen molar-refractivity contribution in [1.82, 2.24) is 0 Å². The third kappa shape index (κ3) is 3.90. The summed E-state index contributed by atoms with van der Waals surface area (Å²) in [4.78, 5) is 0. The van der Waals surface area contributed by atoms with Crippen molar-refractivity contribution in [3.63, 3.8) is 0 Å². The fourth-order valence-electron chi connectivity index (χ4n) is 1.60. The zero-order valence-electron chi connectivity index (χ0n) is 8.90. The largest absolute Gasteiger partial charge is 0.393 e. The molecule has 1 rings (SSSR count). The van der Waals surface area contributed by atoms with Gasteiger partial charge < -0.3 is 10.8 Å². The maximum absolute atomic E-state index is 9.25. The summed E-state index contributed by atoms with van der Waals surface area (Å²) in [6.45, 7) is 3.81. The molecule has 0 fully saturated rings. The maximum atomic E-state index is 9.25. The van der Waals surface area contributed by atoms with Crippen molar-refractivity contribution in [2.24, 2.45) is 5.73 Å². The lowest BCUT2D eigenvalue weighted by atomic mass is 10.0. The van der Waals surface area contributed by atoms with Gasteiger partial charge in [-0.15, -0.1) is 0 Å². The Kier molecular flexibility index (Phi) is 4.11. The van der Waals surface area contributed by atoms with Crippen molar-refractivity contribution in [1.29, 1.82) is 0 Å². The predicted octanol–water partition coefficient (Wildman–Crippen LogP) is 1.50. The normalized spacial score (nSPS) is 15.1. The second kappa shape index (κ2) is 5.13. The highest BCUT2D eigenvalue weighted by Crippen LogP contribution is 2.09. The fourth-order valence-corrected chi connectivity index (χ4v) is 1.60. The van der Waals surface area contributed by atoms with E-state index in [1.165, 1.54) is 11.1 Å². The molecule has 0 aliphatic heterocycles. The van der Waals surface area contributed by atoms with Crippen LogP contribution in [0.3, 0.4) is 0 Å². The average Bonchev–Trinajstić information content (AvgIpc) is 2.01. The summed E-state index contributed by atoms with van der Waals surface area (Å²) in [6, 6.07) is 8.45. The fraction of sp³-hybridized carbons (Fsp3) is 0.500. The van der Waals surface area contributed by atoms with Crippen LogP contribution in [0.2, 0.25) is 0 Å². The number of aliphatic hydroxyl groups is 1. The Bertz CT molecular complexity index is 256.